The summed E-state index contributed by atoms with van der Waals surface area (Å²) >= 11 is 7.67. The van der Waals surface area contributed by atoms with Gasteiger partial charge >= 0.3 is 0 Å². The van der Waals surface area contributed by atoms with Crippen molar-refractivity contribution in [3.8, 4) is 0 Å². The van der Waals surface area contributed by atoms with Crippen LogP contribution in [-0.4, -0.2) is 17.2 Å². The van der Waals surface area contributed by atoms with Crippen LogP contribution in [0.15, 0.2) is 58.4 Å². The fraction of sp³-hybridized carbons (Fsp3) is 0.235. The van der Waals surface area contributed by atoms with E-state index in [9.17, 15) is 0 Å². The summed E-state index contributed by atoms with van der Waals surface area (Å²) in [6, 6.07) is 16.1. The number of nitrogens with zero attached hydrogens (tertiary/aromatic N) is 2. The van der Waals surface area contributed by atoms with Crippen LogP contribution in [0.3, 0.4) is 0 Å². The molecule has 0 saturated carbocycles. The molecule has 110 valence electrons. The van der Waals surface area contributed by atoms with Crippen molar-refractivity contribution in [2.45, 2.75) is 25.2 Å². The predicted molar refractivity (Wildman–Crippen MR) is 93.6 cm³/mol. The molecule has 0 aliphatic heterocycles. The number of aryl methyl sites for hydroxylation is 1. The van der Waals surface area contributed by atoms with E-state index >= 15 is 0 Å². The minimum atomic E-state index is 0.746. The van der Waals surface area contributed by atoms with Gasteiger partial charge in [0.25, 0.3) is 0 Å². The zero-order chi connectivity index (χ0) is 15.1. The van der Waals surface area contributed by atoms with Crippen molar-refractivity contribution in [1.29, 1.82) is 0 Å². The van der Waals surface area contributed by atoms with Gasteiger partial charge in [-0.3, -0.25) is 0 Å². The molecule has 2 aromatic carbocycles. The lowest BCUT2D eigenvalue weighted by molar-refractivity contribution is 0.667. The van der Waals surface area contributed by atoms with Crippen LogP contribution in [0.5, 0.6) is 0 Å². The van der Waals surface area contributed by atoms with Gasteiger partial charge in [-0.2, -0.15) is 0 Å². The summed E-state index contributed by atoms with van der Waals surface area (Å²) in [6.07, 6.45) is 2.98. The highest BCUT2D eigenvalue weighted by Crippen LogP contribution is 2.24. The third-order valence-corrected chi connectivity index (χ3v) is 4.12. The van der Waals surface area contributed by atoms with Crippen molar-refractivity contribution in [3.05, 3.63) is 59.1 Å². The van der Waals surface area contributed by atoms with Crippen LogP contribution in [0.2, 0.25) is 5.02 Å². The highest BCUT2D eigenvalue weighted by molar-refractivity contribution is 7.97. The van der Waals surface area contributed by atoms with Crippen molar-refractivity contribution >= 4 is 35.6 Å². The Labute approximate surface area is 136 Å². The average molecular weight is 319 g/mol. The van der Waals surface area contributed by atoms with E-state index in [0.717, 1.165) is 29.2 Å². The monoisotopic (exact) mass is 318 g/mol. The molecule has 0 aromatic heterocycles. The molecule has 0 aliphatic rings. The molecular formula is C17H19ClN2S. The number of rotatable bonds is 6. The van der Waals surface area contributed by atoms with Crippen molar-refractivity contribution in [2.24, 2.45) is 4.99 Å². The summed E-state index contributed by atoms with van der Waals surface area (Å²) in [6.45, 7) is 5.14. The van der Waals surface area contributed by atoms with Gasteiger partial charge in [-0.15, -0.1) is 0 Å². The van der Waals surface area contributed by atoms with E-state index in [1.165, 1.54) is 4.90 Å². The average Bonchev–Trinajstić information content (AvgIpc) is 2.47. The molecule has 2 aromatic rings. The van der Waals surface area contributed by atoms with E-state index < -0.39 is 0 Å². The SMILES string of the molecule is CCCN(C=Nc1ccc(Cl)cc1C)Sc1ccccc1. The molecule has 0 amide bonds. The van der Waals surface area contributed by atoms with Crippen LogP contribution in [0.25, 0.3) is 0 Å². The van der Waals surface area contributed by atoms with Crippen molar-refractivity contribution in [2.75, 3.05) is 6.54 Å². The number of halogens is 1. The number of hydrogen-bond donors (Lipinski definition) is 0. The van der Waals surface area contributed by atoms with Gasteiger partial charge in [0, 0.05) is 16.5 Å². The molecule has 0 radical (unpaired) electrons. The summed E-state index contributed by atoms with van der Waals surface area (Å²) in [5.74, 6) is 0. The maximum atomic E-state index is 5.97. The quantitative estimate of drug-likeness (QED) is 0.384. The molecule has 21 heavy (non-hydrogen) atoms. The Kier molecular flexibility index (Phi) is 6.15. The summed E-state index contributed by atoms with van der Waals surface area (Å²) in [5, 5.41) is 0.746. The van der Waals surface area contributed by atoms with E-state index in [1.54, 1.807) is 11.9 Å². The molecule has 0 bridgehead atoms. The Bertz CT molecular complexity index is 599. The number of benzene rings is 2. The van der Waals surface area contributed by atoms with Gasteiger partial charge in [-0.25, -0.2) is 4.99 Å². The largest absolute Gasteiger partial charge is 0.303 e. The third-order valence-electron chi connectivity index (χ3n) is 2.89. The molecule has 0 heterocycles. The first kappa shape index (κ1) is 15.9. The van der Waals surface area contributed by atoms with E-state index in [4.69, 9.17) is 11.6 Å². The fourth-order valence-electron chi connectivity index (χ4n) is 1.85. The second-order valence-corrected chi connectivity index (χ2v) is 6.28. The standard InChI is InChI=1S/C17H19ClN2S/c1-3-11-20(21-16-7-5-4-6-8-16)13-19-17-10-9-15(18)12-14(17)2/h4-10,12-13H,3,11H2,1-2H3. The van der Waals surface area contributed by atoms with Gasteiger partial charge in [0.2, 0.25) is 0 Å². The Morgan fingerprint density at radius 2 is 1.95 bits per heavy atom. The van der Waals surface area contributed by atoms with Gasteiger partial charge in [0.1, 0.15) is 6.34 Å². The first-order valence-corrected chi connectivity index (χ1v) is 8.14. The summed E-state index contributed by atoms with van der Waals surface area (Å²) in [4.78, 5) is 5.80. The van der Waals surface area contributed by atoms with E-state index in [-0.39, 0.29) is 0 Å². The zero-order valence-electron chi connectivity index (χ0n) is 12.3. The minimum Gasteiger partial charge on any atom is -0.303 e. The lowest BCUT2D eigenvalue weighted by Crippen LogP contribution is -2.13. The molecule has 0 spiro atoms. The summed E-state index contributed by atoms with van der Waals surface area (Å²) in [5.41, 5.74) is 2.04. The van der Waals surface area contributed by atoms with E-state index in [0.29, 0.717) is 0 Å². The minimum absolute atomic E-state index is 0.746. The first-order valence-electron chi connectivity index (χ1n) is 6.99. The Morgan fingerprint density at radius 1 is 1.19 bits per heavy atom. The lowest BCUT2D eigenvalue weighted by Gasteiger charge is -2.17. The van der Waals surface area contributed by atoms with Gasteiger partial charge in [-0.1, -0.05) is 36.7 Å². The van der Waals surface area contributed by atoms with Crippen LogP contribution >= 0.6 is 23.5 Å². The molecule has 0 aliphatic carbocycles. The molecule has 2 rings (SSSR count). The van der Waals surface area contributed by atoms with Gasteiger partial charge < -0.3 is 4.31 Å². The molecule has 0 fully saturated rings. The van der Waals surface area contributed by atoms with Crippen LogP contribution in [0.1, 0.15) is 18.9 Å². The van der Waals surface area contributed by atoms with Crippen LogP contribution in [0, 0.1) is 6.92 Å². The van der Waals surface area contributed by atoms with Gasteiger partial charge in [0.15, 0.2) is 0 Å². The van der Waals surface area contributed by atoms with Crippen molar-refractivity contribution in [3.63, 3.8) is 0 Å². The first-order chi connectivity index (χ1) is 10.2. The smallest absolute Gasteiger partial charge is 0.101 e. The van der Waals surface area contributed by atoms with E-state index in [1.807, 2.05) is 49.7 Å². The molecule has 2 nitrogen and oxygen atoms in total. The van der Waals surface area contributed by atoms with Gasteiger partial charge in [-0.05, 0) is 61.2 Å². The Balaban J connectivity index is 2.10. The van der Waals surface area contributed by atoms with Crippen LogP contribution in [-0.2, 0) is 0 Å². The van der Waals surface area contributed by atoms with Crippen molar-refractivity contribution in [1.82, 2.24) is 4.31 Å². The maximum Gasteiger partial charge on any atom is 0.101 e. The Hall–Kier alpha value is -1.45. The van der Waals surface area contributed by atoms with E-state index in [2.05, 4.69) is 28.4 Å². The second kappa shape index (κ2) is 8.11. The summed E-state index contributed by atoms with van der Waals surface area (Å²) < 4.78 is 2.16. The molecule has 0 unspecified atom stereocenters. The normalized spacial score (nSPS) is 11.0. The number of aliphatic imine (C=N–C) groups is 1. The predicted octanol–water partition coefficient (Wildman–Crippen LogP) is 5.73. The van der Waals surface area contributed by atoms with Crippen LogP contribution in [0.4, 0.5) is 5.69 Å². The highest BCUT2D eigenvalue weighted by atomic mass is 35.5. The maximum absolute atomic E-state index is 5.97. The molecular weight excluding hydrogens is 300 g/mol. The van der Waals surface area contributed by atoms with Gasteiger partial charge in [0.05, 0.1) is 5.69 Å². The molecule has 0 N–H and O–H groups in total. The second-order valence-electron chi connectivity index (χ2n) is 4.72. The van der Waals surface area contributed by atoms with Crippen LogP contribution < -0.4 is 0 Å². The highest BCUT2D eigenvalue weighted by Gasteiger charge is 2.03. The lowest BCUT2D eigenvalue weighted by atomic mass is 10.2. The zero-order valence-corrected chi connectivity index (χ0v) is 13.9. The molecule has 4 heteroatoms. The fourth-order valence-corrected chi connectivity index (χ4v) is 3.00. The molecule has 0 atom stereocenters. The topological polar surface area (TPSA) is 15.6 Å². The van der Waals surface area contributed by atoms with Crippen molar-refractivity contribution < 1.29 is 0 Å². The third kappa shape index (κ3) is 5.10. The Morgan fingerprint density at radius 3 is 2.62 bits per heavy atom. The summed E-state index contributed by atoms with van der Waals surface area (Å²) in [7, 11) is 0. The molecule has 0 saturated heterocycles. The number of hydrogen-bond acceptors (Lipinski definition) is 2.